The number of nitrogens with two attached hydrogens (primary N) is 1. The predicted octanol–water partition coefficient (Wildman–Crippen LogP) is -1.03. The van der Waals surface area contributed by atoms with Crippen LogP contribution in [0.2, 0.25) is 0 Å². The van der Waals surface area contributed by atoms with Crippen LogP contribution in [-0.2, 0) is 9.53 Å². The lowest BCUT2D eigenvalue weighted by Gasteiger charge is -2.21. The number of ether oxygens (including phenoxy) is 1. The predicted molar refractivity (Wildman–Crippen MR) is 29.3 cm³/mol. The van der Waals surface area contributed by atoms with Crippen LogP contribution in [0.5, 0.6) is 0 Å². The number of hydrogen-bond donors (Lipinski definition) is 2. The van der Waals surface area contributed by atoms with E-state index in [0.717, 1.165) is 0 Å². The van der Waals surface area contributed by atoms with Crippen molar-refractivity contribution in [3.8, 4) is 0 Å². The van der Waals surface area contributed by atoms with E-state index in [9.17, 15) is 4.79 Å². The Morgan fingerprint density at radius 3 is 2.89 bits per heavy atom. The first-order valence-corrected chi connectivity index (χ1v) is 2.81. The highest BCUT2D eigenvalue weighted by Gasteiger charge is 2.23. The highest BCUT2D eigenvalue weighted by molar-refractivity contribution is 5.70. The minimum atomic E-state index is -0.610. The molecule has 0 aromatic carbocycles. The molecule has 1 aliphatic heterocycles. The van der Waals surface area contributed by atoms with Gasteiger partial charge < -0.3 is 9.84 Å². The molecule has 0 bridgehead atoms. The van der Waals surface area contributed by atoms with E-state index in [0.29, 0.717) is 6.42 Å². The summed E-state index contributed by atoms with van der Waals surface area (Å²) in [5.41, 5.74) is 5.21. The van der Waals surface area contributed by atoms with Crippen LogP contribution in [0.4, 0.5) is 0 Å². The molecule has 1 aliphatic rings. The van der Waals surface area contributed by atoms with Crippen molar-refractivity contribution < 1.29 is 14.6 Å². The number of aliphatic hydroxyl groups is 1. The third kappa shape index (κ3) is 1.65. The number of esters is 1. The Balaban J connectivity index is 2.43. The van der Waals surface area contributed by atoms with Gasteiger partial charge in [0, 0.05) is 6.42 Å². The van der Waals surface area contributed by atoms with Crippen molar-refractivity contribution in [2.75, 3.05) is 0 Å². The van der Waals surface area contributed by atoms with E-state index in [-0.39, 0.29) is 6.42 Å². The number of carbonyl (C=O) groups excluding carboxylic acids is 1. The van der Waals surface area contributed by atoms with Gasteiger partial charge in [-0.1, -0.05) is 0 Å². The third-order valence-corrected chi connectivity index (χ3v) is 1.19. The fourth-order valence-corrected chi connectivity index (χ4v) is 0.809. The van der Waals surface area contributed by atoms with Crippen molar-refractivity contribution >= 4 is 5.97 Å². The molecule has 0 aliphatic carbocycles. The number of cyclic esters (lactones) is 1. The molecule has 0 aromatic heterocycles. The summed E-state index contributed by atoms with van der Waals surface area (Å²) in [6, 6.07) is 0. The second kappa shape index (κ2) is 2.33. The summed E-state index contributed by atoms with van der Waals surface area (Å²) in [7, 11) is 0. The van der Waals surface area contributed by atoms with Crippen molar-refractivity contribution in [2.24, 2.45) is 5.73 Å². The number of hydrogen-bond acceptors (Lipinski definition) is 4. The Labute approximate surface area is 52.6 Å². The second-order valence-corrected chi connectivity index (χ2v) is 2.12. The van der Waals surface area contributed by atoms with Crippen LogP contribution >= 0.6 is 0 Å². The molecule has 1 heterocycles. The highest BCUT2D eigenvalue weighted by Crippen LogP contribution is 2.10. The Morgan fingerprint density at radius 2 is 2.44 bits per heavy atom. The van der Waals surface area contributed by atoms with Gasteiger partial charge in [0.2, 0.25) is 0 Å². The first-order chi connectivity index (χ1) is 4.18. The van der Waals surface area contributed by atoms with E-state index < -0.39 is 18.3 Å². The molecule has 0 amide bonds. The molecule has 0 saturated carbocycles. The third-order valence-electron chi connectivity index (χ3n) is 1.19. The average Bonchev–Trinajstić information content (AvgIpc) is 1.59. The van der Waals surface area contributed by atoms with Gasteiger partial charge in [0.15, 0.2) is 6.23 Å². The SMILES string of the molecule is N[C@@H]1C[C@@H](O)CC(=O)O1. The zero-order valence-electron chi connectivity index (χ0n) is 4.91. The summed E-state index contributed by atoms with van der Waals surface area (Å²) in [4.78, 5) is 10.4. The molecule has 4 heteroatoms. The van der Waals surface area contributed by atoms with Crippen molar-refractivity contribution in [2.45, 2.75) is 25.2 Å². The van der Waals surface area contributed by atoms with Crippen molar-refractivity contribution in [1.82, 2.24) is 0 Å². The Hall–Kier alpha value is -0.610. The maximum Gasteiger partial charge on any atom is 0.309 e. The first-order valence-electron chi connectivity index (χ1n) is 2.81. The van der Waals surface area contributed by atoms with Crippen molar-refractivity contribution in [3.05, 3.63) is 0 Å². The van der Waals surface area contributed by atoms with Gasteiger partial charge in [0.25, 0.3) is 0 Å². The molecule has 3 N–H and O–H groups in total. The molecular formula is C5H9NO3. The van der Waals surface area contributed by atoms with E-state index in [2.05, 4.69) is 4.74 Å². The minimum Gasteiger partial charge on any atom is -0.447 e. The van der Waals surface area contributed by atoms with Crippen LogP contribution in [0, 0.1) is 0 Å². The lowest BCUT2D eigenvalue weighted by Crippen LogP contribution is -2.37. The molecule has 9 heavy (non-hydrogen) atoms. The molecule has 0 aromatic rings. The molecule has 0 radical (unpaired) electrons. The summed E-state index contributed by atoms with van der Waals surface area (Å²) in [6.45, 7) is 0. The van der Waals surface area contributed by atoms with Crippen molar-refractivity contribution in [3.63, 3.8) is 0 Å². The highest BCUT2D eigenvalue weighted by atomic mass is 16.6. The summed E-state index contributed by atoms with van der Waals surface area (Å²) in [6.07, 6.45) is -0.790. The van der Waals surface area contributed by atoms with Crippen LogP contribution in [0.25, 0.3) is 0 Å². The summed E-state index contributed by atoms with van der Waals surface area (Å²) in [5, 5.41) is 8.87. The summed E-state index contributed by atoms with van der Waals surface area (Å²) in [5.74, 6) is -0.416. The molecule has 0 spiro atoms. The fraction of sp³-hybridized carbons (Fsp3) is 0.800. The monoisotopic (exact) mass is 131 g/mol. The van der Waals surface area contributed by atoms with E-state index >= 15 is 0 Å². The van der Waals surface area contributed by atoms with Crippen LogP contribution < -0.4 is 5.73 Å². The van der Waals surface area contributed by atoms with Gasteiger partial charge in [-0.05, 0) is 0 Å². The maximum absolute atomic E-state index is 10.4. The Bertz CT molecular complexity index is 113. The second-order valence-electron chi connectivity index (χ2n) is 2.12. The standard InChI is InChI=1S/C5H9NO3/c6-4-1-3(7)2-5(8)9-4/h3-4,7H,1-2,6H2/t3-,4+/m1/s1. The Kier molecular flexibility index (Phi) is 1.68. The van der Waals surface area contributed by atoms with Gasteiger partial charge in [-0.3, -0.25) is 10.5 Å². The van der Waals surface area contributed by atoms with E-state index in [1.807, 2.05) is 0 Å². The van der Waals surface area contributed by atoms with Gasteiger partial charge in [0.05, 0.1) is 12.5 Å². The molecule has 1 saturated heterocycles. The Morgan fingerprint density at radius 1 is 1.78 bits per heavy atom. The van der Waals surface area contributed by atoms with Gasteiger partial charge >= 0.3 is 5.97 Å². The van der Waals surface area contributed by atoms with Crippen LogP contribution in [0.15, 0.2) is 0 Å². The summed E-state index contributed by atoms with van der Waals surface area (Å²) >= 11 is 0. The van der Waals surface area contributed by atoms with Crippen LogP contribution in [0.1, 0.15) is 12.8 Å². The zero-order chi connectivity index (χ0) is 6.85. The molecule has 52 valence electrons. The minimum absolute atomic E-state index is 0.0771. The zero-order valence-corrected chi connectivity index (χ0v) is 4.91. The van der Waals surface area contributed by atoms with Gasteiger partial charge in [-0.25, -0.2) is 0 Å². The normalized spacial score (nSPS) is 36.0. The first kappa shape index (κ1) is 6.51. The average molecular weight is 131 g/mol. The molecule has 1 fully saturated rings. The van der Waals surface area contributed by atoms with Crippen molar-refractivity contribution in [1.29, 1.82) is 0 Å². The van der Waals surface area contributed by atoms with Gasteiger partial charge in [-0.2, -0.15) is 0 Å². The molecule has 0 unspecified atom stereocenters. The van der Waals surface area contributed by atoms with Crippen LogP contribution in [0.3, 0.4) is 0 Å². The number of rotatable bonds is 0. The number of carbonyl (C=O) groups is 1. The topological polar surface area (TPSA) is 72.5 Å². The van der Waals surface area contributed by atoms with Gasteiger partial charge in [0.1, 0.15) is 0 Å². The quantitative estimate of drug-likeness (QED) is 0.412. The molecule has 2 atom stereocenters. The molecular weight excluding hydrogens is 122 g/mol. The maximum atomic E-state index is 10.4. The fourth-order valence-electron chi connectivity index (χ4n) is 0.809. The number of aliphatic hydroxyl groups excluding tert-OH is 1. The van der Waals surface area contributed by atoms with Gasteiger partial charge in [-0.15, -0.1) is 0 Å². The van der Waals surface area contributed by atoms with E-state index in [1.54, 1.807) is 0 Å². The largest absolute Gasteiger partial charge is 0.447 e. The lowest BCUT2D eigenvalue weighted by molar-refractivity contribution is -0.159. The van der Waals surface area contributed by atoms with E-state index in [4.69, 9.17) is 10.8 Å². The van der Waals surface area contributed by atoms with E-state index in [1.165, 1.54) is 0 Å². The smallest absolute Gasteiger partial charge is 0.309 e. The summed E-state index contributed by atoms with van der Waals surface area (Å²) < 4.78 is 4.54. The lowest BCUT2D eigenvalue weighted by atomic mass is 10.1. The molecule has 4 nitrogen and oxygen atoms in total. The van der Waals surface area contributed by atoms with Crippen LogP contribution in [-0.4, -0.2) is 23.4 Å². The molecule has 1 rings (SSSR count).